The molecule has 5 nitrogen and oxygen atoms in total. The number of likely N-dealkylation sites (N-methyl/N-ethyl adjacent to an activating group) is 1. The molecule has 0 heterocycles. The van der Waals surface area contributed by atoms with Crippen LogP contribution in [0.5, 0.6) is 5.75 Å². The lowest BCUT2D eigenvalue weighted by Crippen LogP contribution is -2.50. The molecule has 2 N–H and O–H groups in total. The van der Waals surface area contributed by atoms with Gasteiger partial charge >= 0.3 is 6.61 Å². The Balaban J connectivity index is 0.00000529. The summed E-state index contributed by atoms with van der Waals surface area (Å²) >= 11 is 0. The van der Waals surface area contributed by atoms with Crippen LogP contribution in [0.25, 0.3) is 0 Å². The fourth-order valence-corrected chi connectivity index (χ4v) is 1.72. The van der Waals surface area contributed by atoms with Crippen molar-refractivity contribution in [3.63, 3.8) is 0 Å². The molecule has 138 valence electrons. The van der Waals surface area contributed by atoms with Gasteiger partial charge in [-0.2, -0.15) is 8.78 Å². The fraction of sp³-hybridized carbons (Fsp3) is 0.562. The van der Waals surface area contributed by atoms with E-state index in [1.165, 1.54) is 6.07 Å². The van der Waals surface area contributed by atoms with Gasteiger partial charge in [-0.3, -0.25) is 4.99 Å². The lowest BCUT2D eigenvalue weighted by molar-refractivity contribution is -0.0504. The summed E-state index contributed by atoms with van der Waals surface area (Å²) < 4.78 is 29.3. The number of hydrogen-bond acceptors (Lipinski definition) is 3. The van der Waals surface area contributed by atoms with Gasteiger partial charge < -0.3 is 20.3 Å². The number of nitrogens with one attached hydrogen (secondary N) is 2. The minimum Gasteiger partial charge on any atom is -0.434 e. The van der Waals surface area contributed by atoms with Gasteiger partial charge in [-0.25, -0.2) is 0 Å². The average Bonchev–Trinajstić information content (AvgIpc) is 2.48. The van der Waals surface area contributed by atoms with Crippen molar-refractivity contribution in [3.8, 4) is 5.75 Å². The van der Waals surface area contributed by atoms with Gasteiger partial charge in [0.1, 0.15) is 5.75 Å². The molecule has 0 aliphatic rings. The minimum atomic E-state index is -2.84. The van der Waals surface area contributed by atoms with Crippen LogP contribution in [-0.2, 0) is 6.54 Å². The summed E-state index contributed by atoms with van der Waals surface area (Å²) in [6.45, 7) is 2.41. The molecule has 1 aromatic rings. The molecule has 0 aliphatic heterocycles. The van der Waals surface area contributed by atoms with Gasteiger partial charge in [-0.05, 0) is 34.0 Å². The topological polar surface area (TPSA) is 48.9 Å². The van der Waals surface area contributed by atoms with Gasteiger partial charge in [0.2, 0.25) is 0 Å². The van der Waals surface area contributed by atoms with Crippen LogP contribution in [-0.4, -0.2) is 50.7 Å². The van der Waals surface area contributed by atoms with Crippen molar-refractivity contribution in [1.82, 2.24) is 15.5 Å². The highest BCUT2D eigenvalue weighted by Gasteiger charge is 2.20. The van der Waals surface area contributed by atoms with E-state index in [9.17, 15) is 8.78 Å². The SMILES string of the molecule is CN=C(NCc1ccccc1OC(F)F)NCC(C)(C)N(C)C.I. The normalized spacial score (nSPS) is 12.1. The van der Waals surface area contributed by atoms with Crippen molar-refractivity contribution >= 4 is 29.9 Å². The van der Waals surface area contributed by atoms with Crippen LogP contribution in [0, 0.1) is 0 Å². The van der Waals surface area contributed by atoms with E-state index in [-0.39, 0.29) is 35.3 Å². The quantitative estimate of drug-likeness (QED) is 0.377. The molecule has 0 saturated heterocycles. The zero-order valence-corrected chi connectivity index (χ0v) is 17.1. The fourth-order valence-electron chi connectivity index (χ4n) is 1.72. The highest BCUT2D eigenvalue weighted by Crippen LogP contribution is 2.19. The molecule has 1 aromatic carbocycles. The Morgan fingerprint density at radius 2 is 1.88 bits per heavy atom. The summed E-state index contributed by atoms with van der Waals surface area (Å²) in [5.41, 5.74) is 0.594. The Morgan fingerprint density at radius 1 is 1.25 bits per heavy atom. The third-order valence-electron chi connectivity index (χ3n) is 3.76. The van der Waals surface area contributed by atoms with Crippen LogP contribution in [0.15, 0.2) is 29.3 Å². The summed E-state index contributed by atoms with van der Waals surface area (Å²) in [5.74, 6) is 0.769. The predicted octanol–water partition coefficient (Wildman–Crippen LogP) is 2.91. The van der Waals surface area contributed by atoms with Crippen LogP contribution >= 0.6 is 24.0 Å². The monoisotopic (exact) mass is 456 g/mol. The number of halogens is 3. The first kappa shape index (κ1) is 22.8. The van der Waals surface area contributed by atoms with E-state index in [2.05, 4.69) is 39.1 Å². The summed E-state index contributed by atoms with van der Waals surface area (Å²) in [6, 6.07) is 6.70. The highest BCUT2D eigenvalue weighted by molar-refractivity contribution is 14.0. The molecule has 0 fully saturated rings. The summed E-state index contributed by atoms with van der Waals surface area (Å²) in [6.07, 6.45) is 0. The van der Waals surface area contributed by atoms with Crippen molar-refractivity contribution in [2.45, 2.75) is 32.5 Å². The number of benzene rings is 1. The van der Waals surface area contributed by atoms with Crippen LogP contribution < -0.4 is 15.4 Å². The van der Waals surface area contributed by atoms with Crippen molar-refractivity contribution in [1.29, 1.82) is 0 Å². The molecule has 0 unspecified atom stereocenters. The first-order valence-electron chi connectivity index (χ1n) is 7.41. The Hall–Kier alpha value is -1.16. The summed E-state index contributed by atoms with van der Waals surface area (Å²) in [7, 11) is 5.69. The number of rotatable bonds is 7. The first-order chi connectivity index (χ1) is 10.8. The Morgan fingerprint density at radius 3 is 2.42 bits per heavy atom. The average molecular weight is 456 g/mol. The lowest BCUT2D eigenvalue weighted by Gasteiger charge is -2.33. The third kappa shape index (κ3) is 7.61. The number of guanidine groups is 1. The molecular weight excluding hydrogens is 429 g/mol. The minimum absolute atomic E-state index is 0. The van der Waals surface area contributed by atoms with Gasteiger partial charge in [0.15, 0.2) is 5.96 Å². The molecule has 0 bridgehead atoms. The standard InChI is InChI=1S/C16H26F2N4O.HI/c1-16(2,22(4)5)11-21-15(19-3)20-10-12-8-6-7-9-13(12)23-14(17)18;/h6-9,14H,10-11H2,1-5H3,(H2,19,20,21);1H. The van der Waals surface area contributed by atoms with Crippen LogP contribution in [0.1, 0.15) is 19.4 Å². The van der Waals surface area contributed by atoms with E-state index in [4.69, 9.17) is 0 Å². The van der Waals surface area contributed by atoms with Gasteiger partial charge in [-0.1, -0.05) is 18.2 Å². The maximum absolute atomic E-state index is 12.4. The number of ether oxygens (including phenoxy) is 1. The van der Waals surface area contributed by atoms with Crippen molar-refractivity contribution in [2.75, 3.05) is 27.7 Å². The zero-order chi connectivity index (χ0) is 17.5. The molecule has 1 rings (SSSR count). The van der Waals surface area contributed by atoms with Crippen LogP contribution in [0.3, 0.4) is 0 Å². The molecule has 0 saturated carbocycles. The van der Waals surface area contributed by atoms with E-state index in [0.717, 1.165) is 0 Å². The van der Waals surface area contributed by atoms with Crippen molar-refractivity contribution in [2.24, 2.45) is 4.99 Å². The number of para-hydroxylation sites is 1. The smallest absolute Gasteiger partial charge is 0.387 e. The molecule has 0 radical (unpaired) electrons. The molecule has 0 aliphatic carbocycles. The molecular formula is C16H27F2IN4O. The number of alkyl halides is 2. The van der Waals surface area contributed by atoms with E-state index in [0.29, 0.717) is 24.6 Å². The van der Waals surface area contributed by atoms with E-state index in [1.54, 1.807) is 25.2 Å². The maximum atomic E-state index is 12.4. The van der Waals surface area contributed by atoms with Gasteiger partial charge in [0, 0.05) is 31.2 Å². The van der Waals surface area contributed by atoms with E-state index in [1.807, 2.05) is 14.1 Å². The van der Waals surface area contributed by atoms with Gasteiger partial charge in [-0.15, -0.1) is 24.0 Å². The van der Waals surface area contributed by atoms with Crippen LogP contribution in [0.4, 0.5) is 8.78 Å². The Kier molecular flexibility index (Phi) is 10.1. The second kappa shape index (κ2) is 10.7. The number of hydrogen-bond donors (Lipinski definition) is 2. The van der Waals surface area contributed by atoms with Crippen molar-refractivity contribution in [3.05, 3.63) is 29.8 Å². The Bertz CT molecular complexity index is 525. The van der Waals surface area contributed by atoms with E-state index < -0.39 is 6.61 Å². The second-order valence-corrected chi connectivity index (χ2v) is 5.97. The molecule has 24 heavy (non-hydrogen) atoms. The summed E-state index contributed by atoms with van der Waals surface area (Å²) in [5, 5.41) is 6.34. The highest BCUT2D eigenvalue weighted by atomic mass is 127. The molecule has 0 aromatic heterocycles. The van der Waals surface area contributed by atoms with Gasteiger partial charge in [0.25, 0.3) is 0 Å². The largest absolute Gasteiger partial charge is 0.434 e. The molecule has 0 spiro atoms. The van der Waals surface area contributed by atoms with Crippen molar-refractivity contribution < 1.29 is 13.5 Å². The predicted molar refractivity (Wildman–Crippen MR) is 104 cm³/mol. The first-order valence-corrected chi connectivity index (χ1v) is 7.41. The zero-order valence-electron chi connectivity index (χ0n) is 14.8. The number of aliphatic imine (C=N–C) groups is 1. The Labute approximate surface area is 159 Å². The molecule has 0 amide bonds. The molecule has 0 atom stereocenters. The van der Waals surface area contributed by atoms with E-state index >= 15 is 0 Å². The second-order valence-electron chi connectivity index (χ2n) is 5.97. The lowest BCUT2D eigenvalue weighted by atomic mass is 10.0. The maximum Gasteiger partial charge on any atom is 0.387 e. The third-order valence-corrected chi connectivity index (χ3v) is 3.76. The molecule has 8 heteroatoms. The van der Waals surface area contributed by atoms with Crippen LogP contribution in [0.2, 0.25) is 0 Å². The number of nitrogens with zero attached hydrogens (tertiary/aromatic N) is 2. The summed E-state index contributed by atoms with van der Waals surface area (Å²) in [4.78, 5) is 6.25. The van der Waals surface area contributed by atoms with Gasteiger partial charge in [0.05, 0.1) is 0 Å².